The van der Waals surface area contributed by atoms with Crippen LogP contribution in [0.5, 0.6) is 0 Å². The van der Waals surface area contributed by atoms with Crippen molar-refractivity contribution in [2.45, 2.75) is 79.0 Å². The highest BCUT2D eigenvalue weighted by atomic mass is 35.5. The fourth-order valence-electron chi connectivity index (χ4n) is 5.21. The number of rotatable bonds is 9. The third kappa shape index (κ3) is 7.10. The molecule has 1 aliphatic carbocycles. The summed E-state index contributed by atoms with van der Waals surface area (Å²) in [6, 6.07) is 12.1. The van der Waals surface area contributed by atoms with Crippen molar-refractivity contribution in [3.05, 3.63) is 63.6 Å². The number of hydrogen-bond acceptors (Lipinski definition) is 6. The second-order valence-corrected chi connectivity index (χ2v) is 13.0. The summed E-state index contributed by atoms with van der Waals surface area (Å²) in [7, 11) is 1.30. The number of nitrogens with one attached hydrogen (secondary N) is 2. The van der Waals surface area contributed by atoms with E-state index in [9.17, 15) is 14.4 Å². The Hall–Kier alpha value is -2.77. The molecule has 0 heterocycles. The van der Waals surface area contributed by atoms with Crippen molar-refractivity contribution in [1.82, 2.24) is 5.32 Å². The predicted octanol–water partition coefficient (Wildman–Crippen LogP) is 6.59. The molecule has 9 heteroatoms. The largest absolute Gasteiger partial charge is 0.467 e. The lowest BCUT2D eigenvalue weighted by Gasteiger charge is -2.40. The molecule has 7 nitrogen and oxygen atoms in total. The van der Waals surface area contributed by atoms with E-state index in [4.69, 9.17) is 32.7 Å². The molecule has 0 bridgehead atoms. The van der Waals surface area contributed by atoms with Crippen molar-refractivity contribution in [3.63, 3.8) is 0 Å². The summed E-state index contributed by atoms with van der Waals surface area (Å²) < 4.78 is 10.7. The van der Waals surface area contributed by atoms with Gasteiger partial charge in [-0.1, -0.05) is 55.2 Å². The third-order valence-corrected chi connectivity index (χ3v) is 8.83. The quantitative estimate of drug-likeness (QED) is 0.320. The van der Waals surface area contributed by atoms with Crippen LogP contribution in [0.15, 0.2) is 42.5 Å². The van der Waals surface area contributed by atoms with Crippen molar-refractivity contribution in [2.75, 3.05) is 12.4 Å². The van der Waals surface area contributed by atoms with Crippen LogP contribution in [-0.4, -0.2) is 36.6 Å². The number of ether oxygens (including phenoxy) is 2. The van der Waals surface area contributed by atoms with Gasteiger partial charge in [-0.15, -0.1) is 0 Å². The van der Waals surface area contributed by atoms with E-state index in [1.165, 1.54) is 7.11 Å². The van der Waals surface area contributed by atoms with Gasteiger partial charge in [-0.3, -0.25) is 9.59 Å². The Bertz CT molecular complexity index is 1220. The fraction of sp³-hybridized carbons (Fsp3) is 0.516. The fourth-order valence-corrected chi connectivity index (χ4v) is 5.74. The molecule has 1 amide bonds. The standard InChI is InChI=1S/C31H40Cl2N2O5/c1-29(2,3)40-28(38)31(6)16-15-22(30(31,4)5)26(36)35-25(27(37)39-7)17-19-11-13-20(14-12-19)34-18-21-23(32)9-8-10-24(21)33/h8-14,22,25,34H,15-18H2,1-7H3,(H,35,36)/t22?,25-,31?/m0/s1. The third-order valence-electron chi connectivity index (χ3n) is 8.12. The molecule has 218 valence electrons. The number of benzene rings is 2. The molecule has 1 saturated carbocycles. The zero-order chi connectivity index (χ0) is 29.9. The summed E-state index contributed by atoms with van der Waals surface area (Å²) in [6.07, 6.45) is 1.29. The molecule has 0 radical (unpaired) electrons. The zero-order valence-electron chi connectivity index (χ0n) is 24.3. The minimum Gasteiger partial charge on any atom is -0.467 e. The summed E-state index contributed by atoms with van der Waals surface area (Å²) in [5.74, 6) is -1.59. The number of halogens is 2. The second kappa shape index (κ2) is 12.4. The molecule has 3 atom stereocenters. The first-order valence-corrected chi connectivity index (χ1v) is 14.2. The monoisotopic (exact) mass is 590 g/mol. The highest BCUT2D eigenvalue weighted by molar-refractivity contribution is 6.36. The van der Waals surface area contributed by atoms with E-state index >= 15 is 0 Å². The molecule has 2 unspecified atom stereocenters. The van der Waals surface area contributed by atoms with Gasteiger partial charge < -0.3 is 20.1 Å². The number of hydrogen-bond donors (Lipinski definition) is 2. The van der Waals surface area contributed by atoms with Gasteiger partial charge in [-0.05, 0) is 75.8 Å². The van der Waals surface area contributed by atoms with E-state index in [1.807, 2.05) is 65.8 Å². The number of carbonyl (C=O) groups is 3. The van der Waals surface area contributed by atoms with Gasteiger partial charge in [0.1, 0.15) is 11.6 Å². The maximum Gasteiger partial charge on any atom is 0.328 e. The lowest BCUT2D eigenvalue weighted by Crippen LogP contribution is -2.51. The molecule has 0 saturated heterocycles. The first-order valence-electron chi connectivity index (χ1n) is 13.5. The lowest BCUT2D eigenvalue weighted by atomic mass is 9.65. The van der Waals surface area contributed by atoms with Gasteiger partial charge in [0.05, 0.1) is 12.5 Å². The summed E-state index contributed by atoms with van der Waals surface area (Å²) in [6.45, 7) is 11.7. The number of carbonyl (C=O) groups excluding carboxylic acids is 3. The Morgan fingerprint density at radius 1 is 1.02 bits per heavy atom. The smallest absolute Gasteiger partial charge is 0.328 e. The normalized spacial score (nSPS) is 20.9. The van der Waals surface area contributed by atoms with E-state index < -0.39 is 34.4 Å². The molecule has 1 aliphatic rings. The molecule has 0 aliphatic heterocycles. The molecule has 3 rings (SSSR count). The molecule has 1 fully saturated rings. The van der Waals surface area contributed by atoms with Gasteiger partial charge in [0.15, 0.2) is 0 Å². The van der Waals surface area contributed by atoms with E-state index in [-0.39, 0.29) is 18.3 Å². The van der Waals surface area contributed by atoms with Crippen LogP contribution in [0.2, 0.25) is 10.0 Å². The molecule has 2 aromatic rings. The summed E-state index contributed by atoms with van der Waals surface area (Å²) in [5, 5.41) is 7.38. The van der Waals surface area contributed by atoms with Gasteiger partial charge in [0.25, 0.3) is 0 Å². The number of anilines is 1. The van der Waals surface area contributed by atoms with Gasteiger partial charge in [-0.2, -0.15) is 0 Å². The van der Waals surface area contributed by atoms with Crippen molar-refractivity contribution in [1.29, 1.82) is 0 Å². The zero-order valence-corrected chi connectivity index (χ0v) is 25.8. The van der Waals surface area contributed by atoms with E-state index in [0.717, 1.165) is 16.8 Å². The summed E-state index contributed by atoms with van der Waals surface area (Å²) in [4.78, 5) is 39.3. The van der Waals surface area contributed by atoms with E-state index in [0.29, 0.717) is 29.4 Å². The highest BCUT2D eigenvalue weighted by Gasteiger charge is 2.59. The average Bonchev–Trinajstić information content (AvgIpc) is 3.12. The van der Waals surface area contributed by atoms with Crippen LogP contribution in [0, 0.1) is 16.7 Å². The minimum atomic E-state index is -0.873. The van der Waals surface area contributed by atoms with Crippen LogP contribution in [0.25, 0.3) is 0 Å². The Balaban J connectivity index is 1.68. The first kappa shape index (κ1) is 31.8. The van der Waals surface area contributed by atoms with Gasteiger partial charge in [-0.25, -0.2) is 4.79 Å². The first-order chi connectivity index (χ1) is 18.6. The topological polar surface area (TPSA) is 93.7 Å². The Kier molecular flexibility index (Phi) is 9.84. The Morgan fingerprint density at radius 2 is 1.62 bits per heavy atom. The van der Waals surface area contributed by atoms with Crippen molar-refractivity contribution in [2.24, 2.45) is 16.7 Å². The van der Waals surface area contributed by atoms with E-state index in [2.05, 4.69) is 10.6 Å². The minimum absolute atomic E-state index is 0.255. The number of esters is 2. The Labute approximate surface area is 247 Å². The molecule has 0 aromatic heterocycles. The average molecular weight is 592 g/mol. The van der Waals surface area contributed by atoms with Crippen LogP contribution in [0.4, 0.5) is 5.69 Å². The van der Waals surface area contributed by atoms with Crippen LogP contribution in [-0.2, 0) is 36.8 Å². The molecule has 2 N–H and O–H groups in total. The molecule has 0 spiro atoms. The molecular weight excluding hydrogens is 551 g/mol. The van der Waals surface area contributed by atoms with Crippen molar-refractivity contribution < 1.29 is 23.9 Å². The Morgan fingerprint density at radius 3 is 2.17 bits per heavy atom. The van der Waals surface area contributed by atoms with Crippen molar-refractivity contribution >= 4 is 46.7 Å². The molecule has 2 aromatic carbocycles. The van der Waals surface area contributed by atoms with Gasteiger partial charge in [0.2, 0.25) is 5.91 Å². The summed E-state index contributed by atoms with van der Waals surface area (Å²) >= 11 is 12.5. The van der Waals surface area contributed by atoms with Gasteiger partial charge >= 0.3 is 11.9 Å². The van der Waals surface area contributed by atoms with Crippen LogP contribution in [0.3, 0.4) is 0 Å². The molecule has 40 heavy (non-hydrogen) atoms. The maximum absolute atomic E-state index is 13.5. The SMILES string of the molecule is COC(=O)[C@H](Cc1ccc(NCc2c(Cl)cccc2Cl)cc1)NC(=O)C1CCC(C)(C(=O)OC(C)(C)C)C1(C)C. The molecular formula is C31H40Cl2N2O5. The van der Waals surface area contributed by atoms with E-state index in [1.54, 1.807) is 18.2 Å². The highest BCUT2D eigenvalue weighted by Crippen LogP contribution is 2.57. The number of methoxy groups -OCH3 is 1. The van der Waals surface area contributed by atoms with Crippen LogP contribution >= 0.6 is 23.2 Å². The second-order valence-electron chi connectivity index (χ2n) is 12.2. The van der Waals surface area contributed by atoms with Crippen LogP contribution in [0.1, 0.15) is 65.5 Å². The van der Waals surface area contributed by atoms with Crippen molar-refractivity contribution in [3.8, 4) is 0 Å². The lowest BCUT2D eigenvalue weighted by molar-refractivity contribution is -0.173. The number of amides is 1. The van der Waals surface area contributed by atoms with Gasteiger partial charge in [0, 0.05) is 40.2 Å². The predicted molar refractivity (Wildman–Crippen MR) is 158 cm³/mol. The summed E-state index contributed by atoms with van der Waals surface area (Å²) in [5.41, 5.74) is 0.367. The maximum atomic E-state index is 13.5. The van der Waals surface area contributed by atoms with Crippen LogP contribution < -0.4 is 10.6 Å².